The van der Waals surface area contributed by atoms with Gasteiger partial charge < -0.3 is 14.8 Å². The first-order valence-corrected chi connectivity index (χ1v) is 8.07. The van der Waals surface area contributed by atoms with E-state index in [2.05, 4.69) is 16.0 Å². The highest BCUT2D eigenvalue weighted by atomic mass is 32.2. The van der Waals surface area contributed by atoms with Crippen molar-refractivity contribution in [2.24, 2.45) is 7.05 Å². The van der Waals surface area contributed by atoms with Crippen molar-refractivity contribution in [3.63, 3.8) is 0 Å². The molecular formula is C16H19N3OS. The molecule has 110 valence electrons. The Morgan fingerprint density at radius 1 is 1.29 bits per heavy atom. The molecule has 2 amide bonds. The number of urea groups is 1. The lowest BCUT2D eigenvalue weighted by molar-refractivity contribution is 0.213. The van der Waals surface area contributed by atoms with E-state index < -0.39 is 0 Å². The molecule has 0 bridgehead atoms. The standard InChI is InChI=1S/C16H19N3OS/c1-12-5-7-13(8-6-12)17-16(20)19-10-11-21-15(19)14-4-3-9-18(14)2/h3-9,15H,10-11H2,1-2H3,(H,17,20)/t15-/m0/s1. The maximum Gasteiger partial charge on any atom is 0.323 e. The molecule has 1 aromatic carbocycles. The van der Waals surface area contributed by atoms with Gasteiger partial charge in [-0.2, -0.15) is 0 Å². The molecule has 1 fully saturated rings. The van der Waals surface area contributed by atoms with E-state index in [9.17, 15) is 4.79 Å². The van der Waals surface area contributed by atoms with Crippen LogP contribution in [0.15, 0.2) is 42.6 Å². The number of carbonyl (C=O) groups excluding carboxylic acids is 1. The van der Waals surface area contributed by atoms with Crippen LogP contribution in [0, 0.1) is 6.92 Å². The Kier molecular flexibility index (Phi) is 3.92. The Bertz CT molecular complexity index is 635. The Morgan fingerprint density at radius 3 is 2.71 bits per heavy atom. The molecule has 21 heavy (non-hydrogen) atoms. The summed E-state index contributed by atoms with van der Waals surface area (Å²) in [5.41, 5.74) is 3.19. The monoisotopic (exact) mass is 301 g/mol. The Morgan fingerprint density at radius 2 is 2.05 bits per heavy atom. The lowest BCUT2D eigenvalue weighted by Gasteiger charge is -2.24. The van der Waals surface area contributed by atoms with E-state index in [1.807, 2.05) is 67.2 Å². The van der Waals surface area contributed by atoms with E-state index >= 15 is 0 Å². The minimum atomic E-state index is -0.0324. The second-order valence-electron chi connectivity index (χ2n) is 5.26. The zero-order valence-electron chi connectivity index (χ0n) is 12.2. The predicted molar refractivity (Wildman–Crippen MR) is 87.5 cm³/mol. The first kappa shape index (κ1) is 14.1. The van der Waals surface area contributed by atoms with E-state index in [1.54, 1.807) is 0 Å². The molecule has 5 heteroatoms. The number of hydrogen-bond donors (Lipinski definition) is 1. The van der Waals surface area contributed by atoms with Crippen LogP contribution in [0.2, 0.25) is 0 Å². The highest BCUT2D eigenvalue weighted by Gasteiger charge is 2.32. The summed E-state index contributed by atoms with van der Waals surface area (Å²) in [6.45, 7) is 2.81. The van der Waals surface area contributed by atoms with Crippen LogP contribution >= 0.6 is 11.8 Å². The van der Waals surface area contributed by atoms with E-state index in [4.69, 9.17) is 0 Å². The molecule has 0 spiro atoms. The first-order valence-electron chi connectivity index (χ1n) is 7.02. The highest BCUT2D eigenvalue weighted by Crippen LogP contribution is 2.38. The maximum absolute atomic E-state index is 12.5. The molecule has 0 radical (unpaired) electrons. The number of anilines is 1. The third-order valence-corrected chi connectivity index (χ3v) is 4.92. The molecule has 4 nitrogen and oxygen atoms in total. The summed E-state index contributed by atoms with van der Waals surface area (Å²) in [7, 11) is 2.02. The van der Waals surface area contributed by atoms with Crippen LogP contribution in [-0.2, 0) is 7.05 Å². The van der Waals surface area contributed by atoms with Crippen LogP contribution in [-0.4, -0.2) is 27.8 Å². The van der Waals surface area contributed by atoms with Crippen molar-refractivity contribution in [3.05, 3.63) is 53.9 Å². The summed E-state index contributed by atoms with van der Waals surface area (Å²) in [4.78, 5) is 14.4. The fourth-order valence-corrected chi connectivity index (χ4v) is 3.81. The lowest BCUT2D eigenvalue weighted by Crippen LogP contribution is -2.34. The Labute approximate surface area is 129 Å². The number of nitrogens with zero attached hydrogens (tertiary/aromatic N) is 2. The lowest BCUT2D eigenvalue weighted by atomic mass is 10.2. The van der Waals surface area contributed by atoms with Crippen LogP contribution < -0.4 is 5.32 Å². The molecular weight excluding hydrogens is 282 g/mol. The number of amides is 2. The van der Waals surface area contributed by atoms with Gasteiger partial charge in [0, 0.05) is 31.2 Å². The molecule has 1 N–H and O–H groups in total. The summed E-state index contributed by atoms with van der Waals surface area (Å²) >= 11 is 1.81. The van der Waals surface area contributed by atoms with Gasteiger partial charge in [0.2, 0.25) is 0 Å². The van der Waals surface area contributed by atoms with E-state index in [1.165, 1.54) is 5.56 Å². The van der Waals surface area contributed by atoms with Gasteiger partial charge in [0.1, 0.15) is 5.37 Å². The predicted octanol–water partition coefficient (Wildman–Crippen LogP) is 3.61. The minimum absolute atomic E-state index is 0.0324. The third-order valence-electron chi connectivity index (χ3n) is 3.69. The first-order chi connectivity index (χ1) is 10.1. The van der Waals surface area contributed by atoms with Crippen molar-refractivity contribution in [2.75, 3.05) is 17.6 Å². The van der Waals surface area contributed by atoms with Crippen molar-refractivity contribution in [2.45, 2.75) is 12.3 Å². The summed E-state index contributed by atoms with van der Waals surface area (Å²) in [5.74, 6) is 0.969. The summed E-state index contributed by atoms with van der Waals surface area (Å²) < 4.78 is 2.08. The number of nitrogens with one attached hydrogen (secondary N) is 1. The molecule has 2 heterocycles. The SMILES string of the molecule is Cc1ccc(NC(=O)N2CCS[C@H]2c2cccn2C)cc1. The molecule has 1 atom stereocenters. The maximum atomic E-state index is 12.5. The number of aromatic nitrogens is 1. The van der Waals surface area contributed by atoms with Crippen molar-refractivity contribution in [1.29, 1.82) is 0 Å². The quantitative estimate of drug-likeness (QED) is 0.920. The Hall–Kier alpha value is -1.88. The second kappa shape index (κ2) is 5.85. The largest absolute Gasteiger partial charge is 0.352 e. The van der Waals surface area contributed by atoms with E-state index in [0.717, 1.165) is 23.7 Å². The van der Waals surface area contributed by atoms with Crippen LogP contribution in [0.3, 0.4) is 0 Å². The molecule has 1 aliphatic rings. The van der Waals surface area contributed by atoms with E-state index in [-0.39, 0.29) is 11.4 Å². The molecule has 2 aromatic rings. The van der Waals surface area contributed by atoms with Crippen molar-refractivity contribution >= 4 is 23.5 Å². The molecule has 0 saturated carbocycles. The van der Waals surface area contributed by atoms with Crippen LogP contribution in [0.5, 0.6) is 0 Å². The molecule has 1 aliphatic heterocycles. The highest BCUT2D eigenvalue weighted by molar-refractivity contribution is 7.99. The number of rotatable bonds is 2. The number of hydrogen-bond acceptors (Lipinski definition) is 2. The van der Waals surface area contributed by atoms with Gasteiger partial charge in [0.05, 0.1) is 5.69 Å². The van der Waals surface area contributed by atoms with Crippen LogP contribution in [0.4, 0.5) is 10.5 Å². The summed E-state index contributed by atoms with van der Waals surface area (Å²) in [6, 6.07) is 11.9. The van der Waals surface area contributed by atoms with Crippen LogP contribution in [0.1, 0.15) is 16.6 Å². The van der Waals surface area contributed by atoms with Crippen molar-refractivity contribution < 1.29 is 4.79 Å². The average molecular weight is 301 g/mol. The molecule has 3 rings (SSSR count). The third kappa shape index (κ3) is 2.93. The summed E-state index contributed by atoms with van der Waals surface area (Å²) in [6.07, 6.45) is 2.02. The molecule has 1 saturated heterocycles. The van der Waals surface area contributed by atoms with Gasteiger partial charge in [-0.3, -0.25) is 0 Å². The average Bonchev–Trinajstić information content (AvgIpc) is 3.09. The van der Waals surface area contributed by atoms with Gasteiger partial charge in [0.15, 0.2) is 0 Å². The second-order valence-corrected chi connectivity index (χ2v) is 6.44. The molecule has 1 aromatic heterocycles. The van der Waals surface area contributed by atoms with Crippen LogP contribution in [0.25, 0.3) is 0 Å². The molecule has 0 aliphatic carbocycles. The van der Waals surface area contributed by atoms with Gasteiger partial charge in [0.25, 0.3) is 0 Å². The van der Waals surface area contributed by atoms with Gasteiger partial charge in [-0.15, -0.1) is 11.8 Å². The van der Waals surface area contributed by atoms with Gasteiger partial charge in [-0.1, -0.05) is 17.7 Å². The van der Waals surface area contributed by atoms with Crippen molar-refractivity contribution in [1.82, 2.24) is 9.47 Å². The number of carbonyl (C=O) groups is 1. The zero-order valence-corrected chi connectivity index (χ0v) is 13.1. The normalized spacial score (nSPS) is 18.0. The topological polar surface area (TPSA) is 37.3 Å². The van der Waals surface area contributed by atoms with Gasteiger partial charge in [-0.25, -0.2) is 4.79 Å². The fraction of sp³-hybridized carbons (Fsp3) is 0.312. The minimum Gasteiger partial charge on any atom is -0.352 e. The fourth-order valence-electron chi connectivity index (χ4n) is 2.49. The van der Waals surface area contributed by atoms with Gasteiger partial charge in [-0.05, 0) is 31.2 Å². The smallest absolute Gasteiger partial charge is 0.323 e. The zero-order chi connectivity index (χ0) is 14.8. The number of aryl methyl sites for hydroxylation is 2. The number of thioether (sulfide) groups is 1. The van der Waals surface area contributed by atoms with E-state index in [0.29, 0.717) is 0 Å². The van der Waals surface area contributed by atoms with Gasteiger partial charge >= 0.3 is 6.03 Å². The number of benzene rings is 1. The molecule has 0 unspecified atom stereocenters. The van der Waals surface area contributed by atoms with Crippen molar-refractivity contribution in [3.8, 4) is 0 Å². The summed E-state index contributed by atoms with van der Waals surface area (Å²) in [5, 5.41) is 3.08. The Balaban J connectivity index is 1.74.